The zero-order valence-electron chi connectivity index (χ0n) is 7.27. The second kappa shape index (κ2) is 2.73. The second-order valence-electron chi connectivity index (χ2n) is 2.95. The van der Waals surface area contributed by atoms with Gasteiger partial charge in [-0.3, -0.25) is 4.79 Å². The molecule has 2 aromatic heterocycles. The summed E-state index contributed by atoms with van der Waals surface area (Å²) < 4.78 is 6.22. The van der Waals surface area contributed by atoms with E-state index in [-0.39, 0.29) is 5.56 Å². The molecule has 1 N–H and O–H groups in total. The number of aryl methyl sites for hydroxylation is 2. The van der Waals surface area contributed by atoms with Crippen molar-refractivity contribution in [2.24, 2.45) is 0 Å². The first-order valence-corrected chi connectivity index (χ1v) is 4.67. The minimum Gasteiger partial charge on any atom is -0.460 e. The number of nitrogens with one attached hydrogen (secondary N) is 1. The third-order valence-corrected chi connectivity index (χ3v) is 2.75. The van der Waals surface area contributed by atoms with Gasteiger partial charge in [-0.15, -0.1) is 0 Å². The summed E-state index contributed by atoms with van der Waals surface area (Å²) in [4.78, 5) is 14.1. The van der Waals surface area contributed by atoms with Crippen molar-refractivity contribution in [2.45, 2.75) is 13.8 Å². The van der Waals surface area contributed by atoms with E-state index < -0.39 is 0 Å². The average molecular weight is 242 g/mol. The van der Waals surface area contributed by atoms with Crippen LogP contribution in [0.4, 0.5) is 0 Å². The Morgan fingerprint density at radius 1 is 1.46 bits per heavy atom. The molecule has 2 aromatic rings. The van der Waals surface area contributed by atoms with Crippen molar-refractivity contribution in [3.63, 3.8) is 0 Å². The van der Waals surface area contributed by atoms with Gasteiger partial charge in [-0.1, -0.05) is 0 Å². The molecule has 0 aliphatic carbocycles. The second-order valence-corrected chi connectivity index (χ2v) is 3.81. The molecule has 0 fully saturated rings. The monoisotopic (exact) mass is 241 g/mol. The molecular formula is C9H8BrNO2. The zero-order chi connectivity index (χ0) is 9.59. The van der Waals surface area contributed by atoms with Crippen LogP contribution in [-0.4, -0.2) is 4.98 Å². The lowest BCUT2D eigenvalue weighted by atomic mass is 10.2. The Bertz CT molecular complexity index is 524. The molecule has 0 aliphatic heterocycles. The Balaban J connectivity index is 3.09. The van der Waals surface area contributed by atoms with Gasteiger partial charge in [0.1, 0.15) is 5.76 Å². The maximum atomic E-state index is 11.4. The minimum atomic E-state index is -0.104. The van der Waals surface area contributed by atoms with Crippen LogP contribution in [-0.2, 0) is 0 Å². The van der Waals surface area contributed by atoms with Gasteiger partial charge in [0.05, 0.1) is 9.86 Å². The molecule has 0 saturated heterocycles. The highest BCUT2D eigenvalue weighted by molar-refractivity contribution is 9.10. The number of hydrogen-bond acceptors (Lipinski definition) is 2. The number of rotatable bonds is 0. The fraction of sp³-hybridized carbons (Fsp3) is 0.222. The fourth-order valence-corrected chi connectivity index (χ4v) is 1.73. The van der Waals surface area contributed by atoms with E-state index in [0.29, 0.717) is 11.0 Å². The van der Waals surface area contributed by atoms with E-state index in [1.807, 2.05) is 13.8 Å². The van der Waals surface area contributed by atoms with Gasteiger partial charge < -0.3 is 9.40 Å². The van der Waals surface area contributed by atoms with Gasteiger partial charge in [0.15, 0.2) is 5.58 Å². The summed E-state index contributed by atoms with van der Waals surface area (Å²) >= 11 is 3.31. The molecule has 2 rings (SSSR count). The van der Waals surface area contributed by atoms with E-state index in [0.717, 1.165) is 15.8 Å². The predicted octanol–water partition coefficient (Wildman–Crippen LogP) is 2.50. The summed E-state index contributed by atoms with van der Waals surface area (Å²) in [5.74, 6) is 0.785. The van der Waals surface area contributed by atoms with Crippen LogP contribution in [0.3, 0.4) is 0 Å². The van der Waals surface area contributed by atoms with Crippen molar-refractivity contribution in [1.82, 2.24) is 4.98 Å². The lowest BCUT2D eigenvalue weighted by Crippen LogP contribution is -2.04. The topological polar surface area (TPSA) is 46.0 Å². The summed E-state index contributed by atoms with van der Waals surface area (Å²) in [5.41, 5.74) is 1.42. The highest BCUT2D eigenvalue weighted by Gasteiger charge is 2.12. The van der Waals surface area contributed by atoms with Crippen LogP contribution in [0.1, 0.15) is 11.3 Å². The number of aromatic amines is 1. The molecule has 0 bridgehead atoms. The quantitative estimate of drug-likeness (QED) is 0.771. The molecule has 0 spiro atoms. The predicted molar refractivity (Wildman–Crippen MR) is 54.0 cm³/mol. The molecule has 2 heterocycles. The van der Waals surface area contributed by atoms with E-state index in [9.17, 15) is 4.79 Å². The van der Waals surface area contributed by atoms with Crippen molar-refractivity contribution < 1.29 is 4.42 Å². The van der Waals surface area contributed by atoms with Crippen molar-refractivity contribution in [3.8, 4) is 0 Å². The van der Waals surface area contributed by atoms with Gasteiger partial charge in [0, 0.05) is 11.8 Å². The first-order chi connectivity index (χ1) is 6.11. The maximum Gasteiger partial charge on any atom is 0.259 e. The van der Waals surface area contributed by atoms with Gasteiger partial charge in [-0.05, 0) is 29.8 Å². The number of H-pyrrole nitrogens is 1. The Morgan fingerprint density at radius 2 is 2.15 bits per heavy atom. The largest absolute Gasteiger partial charge is 0.460 e. The first-order valence-electron chi connectivity index (χ1n) is 3.88. The Labute approximate surface area is 82.9 Å². The van der Waals surface area contributed by atoms with Crippen LogP contribution in [0.25, 0.3) is 11.0 Å². The first kappa shape index (κ1) is 8.56. The van der Waals surface area contributed by atoms with E-state index in [1.54, 1.807) is 6.20 Å². The van der Waals surface area contributed by atoms with Crippen LogP contribution < -0.4 is 5.56 Å². The summed E-state index contributed by atoms with van der Waals surface area (Å²) in [6.07, 6.45) is 1.59. The SMILES string of the molecule is Cc1oc2c(Br)c[nH]c(=O)c2c1C. The summed E-state index contributed by atoms with van der Waals surface area (Å²) in [6.45, 7) is 3.73. The molecule has 0 unspecified atom stereocenters. The third-order valence-electron chi connectivity index (χ3n) is 2.16. The molecule has 3 nitrogen and oxygen atoms in total. The highest BCUT2D eigenvalue weighted by atomic mass is 79.9. The molecule has 13 heavy (non-hydrogen) atoms. The summed E-state index contributed by atoms with van der Waals surface area (Å²) in [6, 6.07) is 0. The smallest absolute Gasteiger partial charge is 0.259 e. The minimum absolute atomic E-state index is 0.104. The van der Waals surface area contributed by atoms with Crippen LogP contribution >= 0.6 is 15.9 Å². The lowest BCUT2D eigenvalue weighted by Gasteiger charge is -1.90. The fourth-order valence-electron chi connectivity index (χ4n) is 1.34. The van der Waals surface area contributed by atoms with Crippen LogP contribution in [0, 0.1) is 13.8 Å². The van der Waals surface area contributed by atoms with E-state index in [1.165, 1.54) is 0 Å². The molecule has 4 heteroatoms. The number of halogens is 1. The number of aromatic nitrogens is 1. The average Bonchev–Trinajstić information content (AvgIpc) is 2.38. The molecule has 0 aliphatic rings. The standard InChI is InChI=1S/C9H8BrNO2/c1-4-5(2)13-8-6(10)3-11-9(12)7(4)8/h3H,1-2H3,(H,11,12). The molecule has 0 aromatic carbocycles. The molecule has 0 amide bonds. The van der Waals surface area contributed by atoms with Gasteiger partial charge in [0.2, 0.25) is 0 Å². The Hall–Kier alpha value is -1.03. The van der Waals surface area contributed by atoms with Crippen molar-refractivity contribution in [3.05, 3.63) is 32.3 Å². The highest BCUT2D eigenvalue weighted by Crippen LogP contribution is 2.26. The number of hydrogen-bond donors (Lipinski definition) is 1. The van der Waals surface area contributed by atoms with Gasteiger partial charge in [-0.2, -0.15) is 0 Å². The molecule has 68 valence electrons. The van der Waals surface area contributed by atoms with Crippen molar-refractivity contribution >= 4 is 26.9 Å². The zero-order valence-corrected chi connectivity index (χ0v) is 8.86. The Kier molecular flexibility index (Phi) is 1.80. The maximum absolute atomic E-state index is 11.4. The van der Waals surface area contributed by atoms with E-state index in [2.05, 4.69) is 20.9 Å². The van der Waals surface area contributed by atoms with Crippen LogP contribution in [0.2, 0.25) is 0 Å². The van der Waals surface area contributed by atoms with Gasteiger partial charge in [-0.25, -0.2) is 0 Å². The Morgan fingerprint density at radius 3 is 2.77 bits per heavy atom. The van der Waals surface area contributed by atoms with Crippen molar-refractivity contribution in [2.75, 3.05) is 0 Å². The van der Waals surface area contributed by atoms with Crippen LogP contribution in [0.15, 0.2) is 19.9 Å². The normalized spacial score (nSPS) is 11.0. The number of furan rings is 1. The number of fused-ring (bicyclic) bond motifs is 1. The third kappa shape index (κ3) is 1.13. The summed E-state index contributed by atoms with van der Waals surface area (Å²) in [5, 5.41) is 0.631. The molecule has 0 radical (unpaired) electrons. The molecule has 0 atom stereocenters. The lowest BCUT2D eigenvalue weighted by molar-refractivity contribution is 0.573. The van der Waals surface area contributed by atoms with E-state index in [4.69, 9.17) is 4.42 Å². The number of pyridine rings is 1. The van der Waals surface area contributed by atoms with Crippen LogP contribution in [0.5, 0.6) is 0 Å². The molecular weight excluding hydrogens is 234 g/mol. The van der Waals surface area contributed by atoms with E-state index >= 15 is 0 Å². The van der Waals surface area contributed by atoms with Gasteiger partial charge >= 0.3 is 0 Å². The summed E-state index contributed by atoms with van der Waals surface area (Å²) in [7, 11) is 0. The van der Waals surface area contributed by atoms with Crippen molar-refractivity contribution in [1.29, 1.82) is 0 Å². The van der Waals surface area contributed by atoms with Gasteiger partial charge in [0.25, 0.3) is 5.56 Å². The molecule has 0 saturated carbocycles.